The molecule has 0 aliphatic rings. The van der Waals surface area contributed by atoms with Crippen molar-refractivity contribution in [2.75, 3.05) is 18.5 Å². The van der Waals surface area contributed by atoms with Gasteiger partial charge in [0, 0.05) is 4.88 Å². The Bertz CT molecular complexity index is 1330. The van der Waals surface area contributed by atoms with E-state index in [1.54, 1.807) is 19.9 Å². The van der Waals surface area contributed by atoms with Crippen LogP contribution < -0.4 is 10.5 Å². The average molecular weight is 503 g/mol. The molecular weight excluding hydrogens is 480 g/mol. The minimum atomic E-state index is -4.02. The van der Waals surface area contributed by atoms with Gasteiger partial charge >= 0.3 is 11.9 Å². The molecule has 178 valence electrons. The number of hydrogen-bond donors (Lipinski definition) is 2. The van der Waals surface area contributed by atoms with Gasteiger partial charge in [0.1, 0.15) is 5.00 Å². The zero-order chi connectivity index (χ0) is 24.9. The quantitative estimate of drug-likeness (QED) is 0.450. The Morgan fingerprint density at radius 3 is 2.29 bits per heavy atom. The predicted molar refractivity (Wildman–Crippen MR) is 127 cm³/mol. The van der Waals surface area contributed by atoms with Gasteiger partial charge in [-0.15, -0.1) is 11.3 Å². The van der Waals surface area contributed by atoms with E-state index in [4.69, 9.17) is 14.6 Å². The lowest BCUT2D eigenvalue weighted by Gasteiger charge is -2.09. The van der Waals surface area contributed by atoms with E-state index in [0.717, 1.165) is 16.5 Å². The first kappa shape index (κ1) is 25.1. The van der Waals surface area contributed by atoms with Crippen LogP contribution in [0.25, 0.3) is 10.4 Å². The summed E-state index contributed by atoms with van der Waals surface area (Å²) in [4.78, 5) is 37.8. The van der Waals surface area contributed by atoms with Crippen LogP contribution in [-0.4, -0.2) is 39.5 Å². The van der Waals surface area contributed by atoms with Crippen molar-refractivity contribution in [1.29, 1.82) is 0 Å². The van der Waals surface area contributed by atoms with E-state index in [9.17, 15) is 22.8 Å². The number of nitrogens with two attached hydrogens (primary N) is 1. The van der Waals surface area contributed by atoms with Crippen LogP contribution >= 0.6 is 11.3 Å². The molecule has 3 N–H and O–H groups in total. The molecule has 3 aromatic rings. The molecule has 0 aliphatic carbocycles. The van der Waals surface area contributed by atoms with Crippen molar-refractivity contribution in [2.45, 2.75) is 18.7 Å². The Morgan fingerprint density at radius 1 is 0.971 bits per heavy atom. The van der Waals surface area contributed by atoms with Gasteiger partial charge in [-0.3, -0.25) is 4.79 Å². The Labute approximate surface area is 200 Å². The van der Waals surface area contributed by atoms with Crippen LogP contribution in [0.3, 0.4) is 0 Å². The largest absolute Gasteiger partial charge is 0.462 e. The maximum atomic E-state index is 12.5. The van der Waals surface area contributed by atoms with Gasteiger partial charge in [-0.05, 0) is 43.2 Å². The summed E-state index contributed by atoms with van der Waals surface area (Å²) in [5.41, 5.74) is 1.46. The van der Waals surface area contributed by atoms with Gasteiger partial charge in [-0.25, -0.2) is 23.1 Å². The van der Waals surface area contributed by atoms with Crippen molar-refractivity contribution in [2.24, 2.45) is 5.14 Å². The number of carbonyl (C=O) groups excluding carboxylic acids is 3. The highest BCUT2D eigenvalue weighted by molar-refractivity contribution is 7.89. The Kier molecular flexibility index (Phi) is 7.82. The molecule has 0 saturated heterocycles. The number of rotatable bonds is 8. The van der Waals surface area contributed by atoms with E-state index in [0.29, 0.717) is 5.56 Å². The zero-order valence-electron chi connectivity index (χ0n) is 18.4. The van der Waals surface area contributed by atoms with E-state index >= 15 is 0 Å². The van der Waals surface area contributed by atoms with Gasteiger partial charge in [-0.2, -0.15) is 0 Å². The van der Waals surface area contributed by atoms with Crippen LogP contribution in [0.1, 0.15) is 33.2 Å². The standard InChI is InChI=1S/C23H22N2O7S2/c1-3-31-23(28)18-12-19(15-7-5-4-6-8-15)33-21(18)25-20(26)13-32-22(27)17-11-16(34(24,29)30)10-9-14(17)2/h4-12H,3,13H2,1-2H3,(H,25,26)(H2,24,29,30). The minimum Gasteiger partial charge on any atom is -0.462 e. The fraction of sp³-hybridized carbons (Fsp3) is 0.174. The highest BCUT2D eigenvalue weighted by atomic mass is 32.2. The summed E-state index contributed by atoms with van der Waals surface area (Å²) in [5, 5.41) is 7.95. The van der Waals surface area contributed by atoms with Crippen LogP contribution in [0.15, 0.2) is 59.5 Å². The van der Waals surface area contributed by atoms with Crippen molar-refractivity contribution >= 4 is 44.2 Å². The highest BCUT2D eigenvalue weighted by Crippen LogP contribution is 2.36. The lowest BCUT2D eigenvalue weighted by Crippen LogP contribution is -2.22. The molecular formula is C23H22N2O7S2. The first-order valence-electron chi connectivity index (χ1n) is 10.1. The first-order valence-corrected chi connectivity index (χ1v) is 12.4. The van der Waals surface area contributed by atoms with Crippen LogP contribution in [0.2, 0.25) is 0 Å². The minimum absolute atomic E-state index is 0.0333. The molecule has 9 nitrogen and oxygen atoms in total. The zero-order valence-corrected chi connectivity index (χ0v) is 20.0. The second-order valence-electron chi connectivity index (χ2n) is 7.09. The summed E-state index contributed by atoms with van der Waals surface area (Å²) in [5.74, 6) is -2.16. The number of thiophene rings is 1. The fourth-order valence-electron chi connectivity index (χ4n) is 2.96. The highest BCUT2D eigenvalue weighted by Gasteiger charge is 2.21. The molecule has 0 spiro atoms. The summed E-state index contributed by atoms with van der Waals surface area (Å²) in [7, 11) is -4.02. The number of esters is 2. The lowest BCUT2D eigenvalue weighted by molar-refractivity contribution is -0.119. The average Bonchev–Trinajstić information content (AvgIpc) is 3.21. The summed E-state index contributed by atoms with van der Waals surface area (Å²) < 4.78 is 33.2. The van der Waals surface area contributed by atoms with Crippen LogP contribution in [-0.2, 0) is 24.3 Å². The molecule has 0 radical (unpaired) electrons. The molecule has 0 fully saturated rings. The number of sulfonamides is 1. The second-order valence-corrected chi connectivity index (χ2v) is 9.70. The number of aryl methyl sites for hydroxylation is 1. The second kappa shape index (κ2) is 10.6. The molecule has 0 unspecified atom stereocenters. The van der Waals surface area contributed by atoms with Gasteiger partial charge in [-0.1, -0.05) is 36.4 Å². The van der Waals surface area contributed by atoms with Gasteiger partial charge in [0.15, 0.2) is 6.61 Å². The molecule has 2 aromatic carbocycles. The normalized spacial score (nSPS) is 11.0. The monoisotopic (exact) mass is 502 g/mol. The van der Waals surface area contributed by atoms with Crippen LogP contribution in [0.4, 0.5) is 5.00 Å². The Hall–Kier alpha value is -3.54. The van der Waals surface area contributed by atoms with Gasteiger partial charge in [0.2, 0.25) is 10.0 Å². The smallest absolute Gasteiger partial charge is 0.341 e. The number of ether oxygens (including phenoxy) is 2. The molecule has 1 heterocycles. The van der Waals surface area contributed by atoms with Crippen molar-refractivity contribution in [1.82, 2.24) is 0 Å². The van der Waals surface area contributed by atoms with Gasteiger partial charge in [0.25, 0.3) is 5.91 Å². The number of nitrogens with one attached hydrogen (secondary N) is 1. The summed E-state index contributed by atoms with van der Waals surface area (Å²) in [6.45, 7) is 2.77. The van der Waals surface area contributed by atoms with Crippen LogP contribution in [0.5, 0.6) is 0 Å². The van der Waals surface area contributed by atoms with Crippen molar-refractivity contribution in [3.05, 3.63) is 71.3 Å². The number of amides is 1. The predicted octanol–water partition coefficient (Wildman–Crippen LogP) is 3.34. The maximum absolute atomic E-state index is 12.5. The van der Waals surface area contributed by atoms with Gasteiger partial charge in [0.05, 0.1) is 22.6 Å². The van der Waals surface area contributed by atoms with Crippen molar-refractivity contribution < 1.29 is 32.3 Å². The van der Waals surface area contributed by atoms with Crippen LogP contribution in [0, 0.1) is 6.92 Å². The molecule has 3 rings (SSSR count). The third-order valence-electron chi connectivity index (χ3n) is 4.63. The van der Waals surface area contributed by atoms with E-state index in [2.05, 4.69) is 5.32 Å². The van der Waals surface area contributed by atoms with E-state index < -0.39 is 34.5 Å². The molecule has 0 atom stereocenters. The molecule has 1 aromatic heterocycles. The number of benzene rings is 2. The SMILES string of the molecule is CCOC(=O)c1cc(-c2ccccc2)sc1NC(=O)COC(=O)c1cc(S(N)(=O)=O)ccc1C. The molecule has 0 aliphatic heterocycles. The fourth-order valence-corrected chi connectivity index (χ4v) is 4.57. The lowest BCUT2D eigenvalue weighted by atomic mass is 10.1. The molecule has 0 bridgehead atoms. The molecule has 11 heteroatoms. The van der Waals surface area contributed by atoms with Crippen molar-refractivity contribution in [3.8, 4) is 10.4 Å². The number of primary sulfonamides is 1. The third-order valence-corrected chi connectivity index (χ3v) is 6.64. The third kappa shape index (κ3) is 6.07. The van der Waals surface area contributed by atoms with Gasteiger partial charge < -0.3 is 14.8 Å². The Morgan fingerprint density at radius 2 is 1.65 bits per heavy atom. The maximum Gasteiger partial charge on any atom is 0.341 e. The van der Waals surface area contributed by atoms with E-state index in [1.807, 2.05) is 30.3 Å². The number of carbonyl (C=O) groups is 3. The Balaban J connectivity index is 1.75. The van der Waals surface area contributed by atoms with Crippen molar-refractivity contribution in [3.63, 3.8) is 0 Å². The first-order chi connectivity index (χ1) is 16.1. The summed E-state index contributed by atoms with van der Waals surface area (Å²) in [6.07, 6.45) is 0. The summed E-state index contributed by atoms with van der Waals surface area (Å²) >= 11 is 1.18. The molecule has 34 heavy (non-hydrogen) atoms. The van der Waals surface area contributed by atoms with E-state index in [-0.39, 0.29) is 27.6 Å². The topological polar surface area (TPSA) is 142 Å². The molecule has 1 amide bonds. The molecule has 0 saturated carbocycles. The number of hydrogen-bond acceptors (Lipinski definition) is 8. The van der Waals surface area contributed by atoms with E-state index in [1.165, 1.54) is 23.5 Å². The number of anilines is 1. The summed E-state index contributed by atoms with van der Waals surface area (Å²) in [6, 6.07) is 14.7.